The molecule has 0 aromatic rings. The zero-order valence-corrected chi connectivity index (χ0v) is 18.7. The third-order valence-electron chi connectivity index (χ3n) is 7.71. The molecular weight excluding hydrogens is 384 g/mol. The quantitative estimate of drug-likeness (QED) is 0.379. The van der Waals surface area contributed by atoms with Gasteiger partial charge in [-0.2, -0.15) is 0 Å². The SMILES string of the molecule is CCCC1OC1CCCC1C(C(=O)O)CCCC1(CCCC1OC1CCC)C(=O)O. The third-order valence-corrected chi connectivity index (χ3v) is 7.71. The minimum atomic E-state index is -0.913. The maximum Gasteiger partial charge on any atom is 0.309 e. The van der Waals surface area contributed by atoms with Crippen molar-refractivity contribution >= 4 is 11.9 Å². The van der Waals surface area contributed by atoms with Gasteiger partial charge in [0.25, 0.3) is 0 Å². The lowest BCUT2D eigenvalue weighted by Crippen LogP contribution is -2.47. The van der Waals surface area contributed by atoms with E-state index in [-0.39, 0.29) is 12.0 Å². The molecule has 3 fully saturated rings. The van der Waals surface area contributed by atoms with E-state index in [1.807, 2.05) is 0 Å². The molecule has 0 bridgehead atoms. The van der Waals surface area contributed by atoms with Crippen molar-refractivity contribution in [2.75, 3.05) is 0 Å². The largest absolute Gasteiger partial charge is 0.481 e. The molecule has 0 spiro atoms. The Balaban J connectivity index is 1.60. The van der Waals surface area contributed by atoms with E-state index in [1.165, 1.54) is 0 Å². The van der Waals surface area contributed by atoms with Crippen molar-refractivity contribution in [1.29, 1.82) is 0 Å². The van der Waals surface area contributed by atoms with Crippen LogP contribution in [0.4, 0.5) is 0 Å². The van der Waals surface area contributed by atoms with E-state index in [9.17, 15) is 19.8 Å². The van der Waals surface area contributed by atoms with Crippen LogP contribution in [-0.4, -0.2) is 46.6 Å². The number of carboxylic acids is 2. The minimum Gasteiger partial charge on any atom is -0.481 e. The molecule has 0 amide bonds. The Hall–Kier alpha value is -1.14. The van der Waals surface area contributed by atoms with Crippen LogP contribution in [0.2, 0.25) is 0 Å². The molecule has 6 heteroatoms. The van der Waals surface area contributed by atoms with Crippen molar-refractivity contribution in [3.63, 3.8) is 0 Å². The van der Waals surface area contributed by atoms with Crippen LogP contribution in [0.25, 0.3) is 0 Å². The summed E-state index contributed by atoms with van der Waals surface area (Å²) >= 11 is 0. The first-order valence-corrected chi connectivity index (χ1v) is 12.2. The first kappa shape index (κ1) is 23.5. The molecule has 7 atom stereocenters. The third kappa shape index (κ3) is 5.56. The van der Waals surface area contributed by atoms with E-state index >= 15 is 0 Å². The summed E-state index contributed by atoms with van der Waals surface area (Å²) in [7, 11) is 0. The molecule has 0 radical (unpaired) electrons. The fraction of sp³-hybridized carbons (Fsp3) is 0.917. The van der Waals surface area contributed by atoms with Gasteiger partial charge in [0.1, 0.15) is 0 Å². The van der Waals surface area contributed by atoms with E-state index in [4.69, 9.17) is 9.47 Å². The van der Waals surface area contributed by atoms with Crippen molar-refractivity contribution in [3.05, 3.63) is 0 Å². The molecule has 30 heavy (non-hydrogen) atoms. The van der Waals surface area contributed by atoms with Crippen molar-refractivity contribution in [2.24, 2.45) is 17.3 Å². The molecule has 0 aromatic carbocycles. The smallest absolute Gasteiger partial charge is 0.309 e. The van der Waals surface area contributed by atoms with Gasteiger partial charge < -0.3 is 19.7 Å². The molecule has 3 aliphatic rings. The molecule has 3 rings (SSSR count). The van der Waals surface area contributed by atoms with Crippen molar-refractivity contribution < 1.29 is 29.3 Å². The van der Waals surface area contributed by atoms with E-state index in [2.05, 4.69) is 13.8 Å². The van der Waals surface area contributed by atoms with Crippen LogP contribution in [0.1, 0.15) is 97.3 Å². The van der Waals surface area contributed by atoms with Gasteiger partial charge in [-0.05, 0) is 63.7 Å². The molecule has 2 heterocycles. The zero-order chi connectivity index (χ0) is 21.7. The average Bonchev–Trinajstić information content (AvgIpc) is 3.61. The topological polar surface area (TPSA) is 99.7 Å². The second kappa shape index (κ2) is 10.4. The number of rotatable bonds is 14. The molecule has 6 nitrogen and oxygen atoms in total. The van der Waals surface area contributed by atoms with E-state index in [1.54, 1.807) is 0 Å². The van der Waals surface area contributed by atoms with Crippen LogP contribution in [0.3, 0.4) is 0 Å². The van der Waals surface area contributed by atoms with Gasteiger partial charge in [0, 0.05) is 0 Å². The standard InChI is InChI=1S/C24H40O6/c1-3-8-18-20(29-18)12-5-11-17-16(22(25)26)10-6-14-24(17,23(27)28)15-7-13-21-19(30-21)9-4-2/h16-21H,3-15H2,1-2H3,(H,25,26)(H,27,28). The fourth-order valence-electron chi connectivity index (χ4n) is 5.97. The summed E-state index contributed by atoms with van der Waals surface area (Å²) in [6.07, 6.45) is 12.2. The molecule has 1 saturated carbocycles. The lowest BCUT2D eigenvalue weighted by atomic mass is 9.58. The predicted molar refractivity (Wildman–Crippen MR) is 113 cm³/mol. The maximum atomic E-state index is 12.5. The van der Waals surface area contributed by atoms with Gasteiger partial charge in [-0.3, -0.25) is 9.59 Å². The number of carboxylic acid groups (broad SMARTS) is 2. The first-order valence-electron chi connectivity index (χ1n) is 12.2. The highest BCUT2D eigenvalue weighted by Gasteiger charge is 2.52. The highest BCUT2D eigenvalue weighted by molar-refractivity contribution is 5.78. The Morgan fingerprint density at radius 3 is 1.97 bits per heavy atom. The summed E-state index contributed by atoms with van der Waals surface area (Å²) in [5, 5.41) is 20.1. The highest BCUT2D eigenvalue weighted by Crippen LogP contribution is 2.51. The molecule has 7 unspecified atom stereocenters. The zero-order valence-electron chi connectivity index (χ0n) is 18.7. The van der Waals surface area contributed by atoms with Gasteiger partial charge >= 0.3 is 11.9 Å². The number of epoxide rings is 2. The molecule has 172 valence electrons. The van der Waals surface area contributed by atoms with Crippen LogP contribution in [0.15, 0.2) is 0 Å². The van der Waals surface area contributed by atoms with Gasteiger partial charge in [0.05, 0.1) is 35.7 Å². The number of hydrogen-bond donors (Lipinski definition) is 2. The summed E-state index contributed by atoms with van der Waals surface area (Å²) < 4.78 is 11.4. The Morgan fingerprint density at radius 2 is 1.43 bits per heavy atom. The molecule has 2 aliphatic heterocycles. The van der Waals surface area contributed by atoms with E-state index in [0.29, 0.717) is 50.4 Å². The van der Waals surface area contributed by atoms with E-state index in [0.717, 1.165) is 51.4 Å². The maximum absolute atomic E-state index is 12.5. The van der Waals surface area contributed by atoms with Crippen LogP contribution in [0.5, 0.6) is 0 Å². The Bertz CT molecular complexity index is 592. The van der Waals surface area contributed by atoms with Crippen molar-refractivity contribution in [1.82, 2.24) is 0 Å². The second-order valence-corrected chi connectivity index (χ2v) is 9.73. The molecule has 0 aromatic heterocycles. The summed E-state index contributed by atoms with van der Waals surface area (Å²) in [4.78, 5) is 24.5. The average molecular weight is 425 g/mol. The molecule has 2 N–H and O–H groups in total. The minimum absolute atomic E-state index is 0.274. The van der Waals surface area contributed by atoms with Gasteiger partial charge in [-0.1, -0.05) is 39.5 Å². The van der Waals surface area contributed by atoms with Gasteiger partial charge in [-0.25, -0.2) is 0 Å². The number of hydrogen-bond acceptors (Lipinski definition) is 4. The van der Waals surface area contributed by atoms with Gasteiger partial charge in [0.15, 0.2) is 0 Å². The highest BCUT2D eigenvalue weighted by atomic mass is 16.6. The Labute approximate surface area is 180 Å². The summed E-state index contributed by atoms with van der Waals surface area (Å²) in [6.45, 7) is 4.30. The summed E-state index contributed by atoms with van der Waals surface area (Å²) in [6, 6.07) is 0. The summed E-state index contributed by atoms with van der Waals surface area (Å²) in [5.74, 6) is -2.47. The fourth-order valence-corrected chi connectivity index (χ4v) is 5.97. The summed E-state index contributed by atoms with van der Waals surface area (Å²) in [5.41, 5.74) is -0.913. The van der Waals surface area contributed by atoms with Crippen molar-refractivity contribution in [2.45, 2.75) is 122 Å². The predicted octanol–water partition coefficient (Wildman–Crippen LogP) is 5.03. The molecular formula is C24H40O6. The van der Waals surface area contributed by atoms with E-state index < -0.39 is 23.3 Å². The normalized spacial score (nSPS) is 37.7. The molecule has 1 aliphatic carbocycles. The number of aliphatic carboxylic acids is 2. The molecule has 2 saturated heterocycles. The Morgan fingerprint density at radius 1 is 0.867 bits per heavy atom. The van der Waals surface area contributed by atoms with Crippen LogP contribution >= 0.6 is 0 Å². The Kier molecular flexibility index (Phi) is 8.19. The first-order chi connectivity index (χ1) is 14.4. The van der Waals surface area contributed by atoms with Crippen LogP contribution in [-0.2, 0) is 19.1 Å². The number of carbonyl (C=O) groups is 2. The van der Waals surface area contributed by atoms with Crippen LogP contribution < -0.4 is 0 Å². The van der Waals surface area contributed by atoms with Gasteiger partial charge in [-0.15, -0.1) is 0 Å². The van der Waals surface area contributed by atoms with Gasteiger partial charge in [0.2, 0.25) is 0 Å². The monoisotopic (exact) mass is 424 g/mol. The number of ether oxygens (including phenoxy) is 2. The second-order valence-electron chi connectivity index (χ2n) is 9.73. The van der Waals surface area contributed by atoms with Crippen LogP contribution in [0, 0.1) is 17.3 Å². The lowest BCUT2D eigenvalue weighted by Gasteiger charge is -2.44. The van der Waals surface area contributed by atoms with Crippen molar-refractivity contribution in [3.8, 4) is 0 Å². The lowest BCUT2D eigenvalue weighted by molar-refractivity contribution is -0.164.